The average molecular weight is 389 g/mol. The van der Waals surface area contributed by atoms with Crippen LogP contribution in [-0.2, 0) is 17.8 Å². The minimum Gasteiger partial charge on any atom is -0.356 e. The first kappa shape index (κ1) is 17.9. The Kier molecular flexibility index (Phi) is 4.54. The number of fused-ring (bicyclic) bond motifs is 1. The molecule has 0 unspecified atom stereocenters. The highest BCUT2D eigenvalue weighted by Gasteiger charge is 2.33. The Morgan fingerprint density at radius 2 is 1.79 bits per heavy atom. The lowest BCUT2D eigenvalue weighted by atomic mass is 10.1. The molecular weight excluding hydrogens is 366 g/mol. The molecule has 2 aliphatic rings. The van der Waals surface area contributed by atoms with Crippen LogP contribution in [-0.4, -0.2) is 34.0 Å². The van der Waals surface area contributed by atoms with Gasteiger partial charge in [0, 0.05) is 29.6 Å². The zero-order valence-corrected chi connectivity index (χ0v) is 16.1. The summed E-state index contributed by atoms with van der Waals surface area (Å²) in [5.74, 6) is 0.0363. The molecular formula is C23H23N3O3. The topological polar surface area (TPSA) is 75.4 Å². The summed E-state index contributed by atoms with van der Waals surface area (Å²) < 4.78 is 5.33. The number of para-hydroxylation sites is 1. The highest BCUT2D eigenvalue weighted by Crippen LogP contribution is 2.30. The van der Waals surface area contributed by atoms with Crippen molar-refractivity contribution in [2.75, 3.05) is 0 Å². The lowest BCUT2D eigenvalue weighted by molar-refractivity contribution is -0.131. The first-order chi connectivity index (χ1) is 14.2. The number of amides is 2. The quantitative estimate of drug-likeness (QED) is 0.672. The monoisotopic (exact) mass is 389 g/mol. The van der Waals surface area contributed by atoms with Gasteiger partial charge in [-0.25, -0.2) is 0 Å². The molecule has 1 aromatic heterocycles. The first-order valence-corrected chi connectivity index (χ1v) is 10.2. The van der Waals surface area contributed by atoms with E-state index in [0.29, 0.717) is 35.5 Å². The van der Waals surface area contributed by atoms with E-state index in [2.05, 4.69) is 10.5 Å². The summed E-state index contributed by atoms with van der Waals surface area (Å²) in [7, 11) is 0. The van der Waals surface area contributed by atoms with Crippen LogP contribution >= 0.6 is 0 Å². The summed E-state index contributed by atoms with van der Waals surface area (Å²) in [5.41, 5.74) is 3.08. The van der Waals surface area contributed by atoms with Crippen molar-refractivity contribution in [3.05, 3.63) is 65.4 Å². The van der Waals surface area contributed by atoms with E-state index in [9.17, 15) is 9.59 Å². The van der Waals surface area contributed by atoms with Gasteiger partial charge in [0.25, 0.3) is 5.91 Å². The predicted molar refractivity (Wildman–Crippen MR) is 108 cm³/mol. The molecule has 2 aliphatic carbocycles. The van der Waals surface area contributed by atoms with Gasteiger partial charge in [-0.2, -0.15) is 0 Å². The van der Waals surface area contributed by atoms with E-state index in [1.807, 2.05) is 53.4 Å². The molecule has 148 valence electrons. The molecule has 0 saturated heterocycles. The molecule has 0 atom stereocenters. The maximum absolute atomic E-state index is 13.0. The summed E-state index contributed by atoms with van der Waals surface area (Å²) in [5, 5.41) is 7.99. The molecule has 6 heteroatoms. The molecule has 3 aromatic rings. The molecule has 2 saturated carbocycles. The number of benzene rings is 2. The fraction of sp³-hybridized carbons (Fsp3) is 0.348. The van der Waals surface area contributed by atoms with Crippen LogP contribution in [0.15, 0.2) is 53.1 Å². The van der Waals surface area contributed by atoms with Crippen LogP contribution < -0.4 is 5.32 Å². The Hall–Kier alpha value is -3.15. The third-order valence-electron chi connectivity index (χ3n) is 5.56. The summed E-state index contributed by atoms with van der Waals surface area (Å²) in [6, 6.07) is 15.8. The van der Waals surface area contributed by atoms with Crippen molar-refractivity contribution in [1.82, 2.24) is 15.4 Å². The summed E-state index contributed by atoms with van der Waals surface area (Å²) in [6.07, 6.45) is 4.45. The molecule has 5 rings (SSSR count). The second-order valence-corrected chi connectivity index (χ2v) is 8.00. The molecule has 1 heterocycles. The lowest BCUT2D eigenvalue weighted by Crippen LogP contribution is -2.34. The van der Waals surface area contributed by atoms with E-state index in [0.717, 1.165) is 36.6 Å². The summed E-state index contributed by atoms with van der Waals surface area (Å²) >= 11 is 0. The van der Waals surface area contributed by atoms with Crippen molar-refractivity contribution in [2.24, 2.45) is 0 Å². The second kappa shape index (κ2) is 7.35. The van der Waals surface area contributed by atoms with Gasteiger partial charge >= 0.3 is 0 Å². The zero-order valence-electron chi connectivity index (χ0n) is 16.1. The smallest absolute Gasteiger partial charge is 0.251 e. The van der Waals surface area contributed by atoms with E-state index in [4.69, 9.17) is 4.52 Å². The van der Waals surface area contributed by atoms with E-state index in [1.54, 1.807) is 0 Å². The van der Waals surface area contributed by atoms with Crippen molar-refractivity contribution in [3.63, 3.8) is 0 Å². The highest BCUT2D eigenvalue weighted by molar-refractivity contribution is 5.94. The van der Waals surface area contributed by atoms with Gasteiger partial charge in [0.2, 0.25) is 5.91 Å². The molecule has 2 aromatic carbocycles. The van der Waals surface area contributed by atoms with Crippen LogP contribution in [0.1, 0.15) is 47.3 Å². The molecule has 2 amide bonds. The molecule has 6 nitrogen and oxygen atoms in total. The van der Waals surface area contributed by atoms with Crippen LogP contribution in [0.3, 0.4) is 0 Å². The largest absolute Gasteiger partial charge is 0.356 e. The Bertz CT molecular complexity index is 1050. The van der Waals surface area contributed by atoms with Crippen LogP contribution in [0, 0.1) is 0 Å². The van der Waals surface area contributed by atoms with E-state index in [-0.39, 0.29) is 18.2 Å². The van der Waals surface area contributed by atoms with Crippen LogP contribution in [0.25, 0.3) is 11.0 Å². The Balaban J connectivity index is 1.27. The molecule has 2 fully saturated rings. The zero-order chi connectivity index (χ0) is 19.8. The Morgan fingerprint density at radius 3 is 2.52 bits per heavy atom. The third-order valence-corrected chi connectivity index (χ3v) is 5.56. The number of nitrogens with zero attached hydrogens (tertiary/aromatic N) is 2. The number of hydrogen-bond donors (Lipinski definition) is 1. The summed E-state index contributed by atoms with van der Waals surface area (Å²) in [6.45, 7) is 0.545. The number of nitrogens with one attached hydrogen (secondary N) is 1. The number of rotatable bonds is 7. The molecule has 1 N–H and O–H groups in total. The fourth-order valence-corrected chi connectivity index (χ4v) is 3.57. The van der Waals surface area contributed by atoms with Gasteiger partial charge in [0.15, 0.2) is 5.58 Å². The Morgan fingerprint density at radius 1 is 1.03 bits per heavy atom. The number of carbonyl (C=O) groups excluding carboxylic acids is 2. The van der Waals surface area contributed by atoms with Crippen LogP contribution in [0.5, 0.6) is 0 Å². The number of carbonyl (C=O) groups is 2. The average Bonchev–Trinajstić information content (AvgIpc) is 3.67. The van der Waals surface area contributed by atoms with Crippen molar-refractivity contribution >= 4 is 22.8 Å². The maximum Gasteiger partial charge on any atom is 0.251 e. The van der Waals surface area contributed by atoms with Gasteiger partial charge in [-0.05, 0) is 55.5 Å². The van der Waals surface area contributed by atoms with Gasteiger partial charge in [-0.1, -0.05) is 29.4 Å². The van der Waals surface area contributed by atoms with Crippen LogP contribution in [0.4, 0.5) is 0 Å². The van der Waals surface area contributed by atoms with E-state index >= 15 is 0 Å². The molecule has 0 aliphatic heterocycles. The van der Waals surface area contributed by atoms with Crippen LogP contribution in [0.2, 0.25) is 0 Å². The maximum atomic E-state index is 13.0. The minimum atomic E-state index is -0.0212. The first-order valence-electron chi connectivity index (χ1n) is 10.2. The van der Waals surface area contributed by atoms with E-state index < -0.39 is 0 Å². The molecule has 0 radical (unpaired) electrons. The highest BCUT2D eigenvalue weighted by atomic mass is 16.5. The number of aromatic nitrogens is 1. The fourth-order valence-electron chi connectivity index (χ4n) is 3.57. The second-order valence-electron chi connectivity index (χ2n) is 8.00. The van der Waals surface area contributed by atoms with Gasteiger partial charge < -0.3 is 14.7 Å². The SMILES string of the molecule is O=C(NC1CC1)c1ccc(CN(C(=O)Cc2noc3ccccc23)C2CC2)cc1. The normalized spacial score (nSPS) is 16.0. The van der Waals surface area contributed by atoms with Gasteiger partial charge in [-0.3, -0.25) is 9.59 Å². The predicted octanol–water partition coefficient (Wildman–Crippen LogP) is 3.45. The number of hydrogen-bond acceptors (Lipinski definition) is 4. The van der Waals surface area contributed by atoms with Crippen molar-refractivity contribution in [1.29, 1.82) is 0 Å². The molecule has 29 heavy (non-hydrogen) atoms. The van der Waals surface area contributed by atoms with Gasteiger partial charge in [-0.15, -0.1) is 0 Å². The van der Waals surface area contributed by atoms with Crippen molar-refractivity contribution in [2.45, 2.75) is 50.7 Å². The van der Waals surface area contributed by atoms with Crippen molar-refractivity contribution in [3.8, 4) is 0 Å². The minimum absolute atomic E-state index is 0.0212. The van der Waals surface area contributed by atoms with E-state index in [1.165, 1.54) is 0 Å². The molecule has 0 spiro atoms. The Labute approximate surface area is 168 Å². The van der Waals surface area contributed by atoms with Gasteiger partial charge in [0.05, 0.1) is 6.42 Å². The standard InChI is InChI=1S/C23H23N3O3/c27-22(13-20-19-3-1-2-4-21(19)29-25-20)26(18-11-12-18)14-15-5-7-16(8-6-15)23(28)24-17-9-10-17/h1-8,17-18H,9-14H2,(H,24,28). The molecule has 0 bridgehead atoms. The third kappa shape index (κ3) is 4.01. The van der Waals surface area contributed by atoms with Crippen molar-refractivity contribution < 1.29 is 14.1 Å². The van der Waals surface area contributed by atoms with Gasteiger partial charge in [0.1, 0.15) is 5.69 Å². The lowest BCUT2D eigenvalue weighted by Gasteiger charge is -2.22. The summed E-state index contributed by atoms with van der Waals surface area (Å²) in [4.78, 5) is 27.1.